The van der Waals surface area contributed by atoms with Crippen molar-refractivity contribution in [3.63, 3.8) is 0 Å². The molecule has 0 saturated carbocycles. The summed E-state index contributed by atoms with van der Waals surface area (Å²) < 4.78 is 1.43. The van der Waals surface area contributed by atoms with Gasteiger partial charge in [-0.25, -0.2) is 0 Å². The minimum absolute atomic E-state index is 0. The van der Waals surface area contributed by atoms with Crippen LogP contribution in [0.4, 0.5) is 0 Å². The van der Waals surface area contributed by atoms with Gasteiger partial charge in [0.05, 0.1) is 6.04 Å². The van der Waals surface area contributed by atoms with Crippen LogP contribution >= 0.6 is 36.7 Å². The number of nitrogens with zero attached hydrogens (tertiary/aromatic N) is 1. The van der Waals surface area contributed by atoms with E-state index in [-0.39, 0.29) is 27.3 Å². The molecule has 2 radical (unpaired) electrons. The normalized spacial score (nSPS) is 10.1. The predicted molar refractivity (Wildman–Crippen MR) is 160 cm³/mol. The van der Waals surface area contributed by atoms with Crippen molar-refractivity contribution in [2.45, 2.75) is 84.1 Å². The van der Waals surface area contributed by atoms with Crippen molar-refractivity contribution in [3.05, 3.63) is 0 Å². The van der Waals surface area contributed by atoms with E-state index in [4.69, 9.17) is 49.7 Å². The van der Waals surface area contributed by atoms with E-state index in [9.17, 15) is 0 Å². The Hall–Kier alpha value is 1.21. The Bertz CT molecular complexity index is 406. The van der Waals surface area contributed by atoms with Crippen molar-refractivity contribution < 1.29 is 5.73 Å². The Morgan fingerprint density at radius 2 is 1.16 bits per heavy atom. The van der Waals surface area contributed by atoms with Crippen LogP contribution < -0.4 is 16.4 Å². The van der Waals surface area contributed by atoms with Crippen LogP contribution in [0, 0.1) is 0 Å². The van der Waals surface area contributed by atoms with E-state index in [1.54, 1.807) is 4.90 Å². The van der Waals surface area contributed by atoms with Crippen molar-refractivity contribution in [2.75, 3.05) is 27.2 Å². The fourth-order valence-corrected chi connectivity index (χ4v) is 2.49. The van der Waals surface area contributed by atoms with Gasteiger partial charge in [-0.2, -0.15) is 0 Å². The molecule has 0 fully saturated rings. The topological polar surface area (TPSA) is 54.9 Å². The number of hydrogen-bond donors (Lipinski definition) is 3. The van der Waals surface area contributed by atoms with Gasteiger partial charge in [-0.1, -0.05) is 58.4 Å². The largest absolute Gasteiger partial charge is 2.00 e. The van der Waals surface area contributed by atoms with E-state index in [2.05, 4.69) is 55.1 Å². The Balaban J connectivity index is -0.000000188. The van der Waals surface area contributed by atoms with Crippen molar-refractivity contribution in [3.8, 4) is 0 Å². The first-order valence-corrected chi connectivity index (χ1v) is 13.1. The average molecular weight is 738 g/mol. The van der Waals surface area contributed by atoms with Gasteiger partial charge in [0.1, 0.15) is 0 Å². The standard InChI is InChI=1S/C9H21N.C8H16N2S4.C3H7NS2.Pb/c1-3-4-5-6-7-8-9(2)10;11-7(12)9-5-3-1-2-4-6-10-8(13)14;1-4(2)3(5)6;/h9H,3-8,10H2,1-2H3;1-6H2,(H2,9,11,12)(H2,10,13,14);1-2H3,(H,5,6);/q;;;+2/p-2. The van der Waals surface area contributed by atoms with Crippen LogP contribution in [0.1, 0.15) is 78.1 Å². The van der Waals surface area contributed by atoms with Crippen LogP contribution in [0.15, 0.2) is 0 Å². The van der Waals surface area contributed by atoms with Crippen molar-refractivity contribution in [2.24, 2.45) is 0 Å². The average Bonchev–Trinajstić information content (AvgIpc) is 2.64. The van der Waals surface area contributed by atoms with Crippen LogP contribution in [0.25, 0.3) is 0 Å². The Morgan fingerprint density at radius 1 is 0.806 bits per heavy atom. The van der Waals surface area contributed by atoms with Gasteiger partial charge in [0.2, 0.25) is 0 Å². The Labute approximate surface area is 245 Å². The molecular formula is C20H42N4PbS6. The zero-order chi connectivity index (χ0) is 23.8. The van der Waals surface area contributed by atoms with Gasteiger partial charge in [-0.3, -0.25) is 0 Å². The maximum absolute atomic E-state index is 4.71. The second kappa shape index (κ2) is 31.2. The van der Waals surface area contributed by atoms with Crippen molar-refractivity contribution >= 4 is 115 Å². The molecule has 0 aliphatic carbocycles. The second-order valence-corrected chi connectivity index (χ2v) is 10.5. The summed E-state index contributed by atoms with van der Waals surface area (Å²) in [5.41, 5.74) is 3.96. The van der Waals surface area contributed by atoms with E-state index < -0.39 is 0 Å². The van der Waals surface area contributed by atoms with E-state index in [0.29, 0.717) is 19.0 Å². The third-order valence-corrected chi connectivity index (χ3v) is 5.12. The predicted octanol–water partition coefficient (Wildman–Crippen LogP) is 3.37. The summed E-state index contributed by atoms with van der Waals surface area (Å²) >= 11 is 28.0. The van der Waals surface area contributed by atoms with Gasteiger partial charge in [-0.15, -0.1) is 0 Å². The summed E-state index contributed by atoms with van der Waals surface area (Å²) in [5, 5.41) is 5.90. The van der Waals surface area contributed by atoms with E-state index in [0.717, 1.165) is 25.9 Å². The second-order valence-electron chi connectivity index (χ2n) is 7.31. The maximum Gasteiger partial charge on any atom is 2.00 e. The van der Waals surface area contributed by atoms with E-state index in [1.807, 2.05) is 14.1 Å². The third-order valence-electron chi connectivity index (χ3n) is 3.81. The molecule has 0 amide bonds. The monoisotopic (exact) mass is 738 g/mol. The molecule has 0 saturated heterocycles. The van der Waals surface area contributed by atoms with Crippen LogP contribution in [-0.4, -0.2) is 78.4 Å². The van der Waals surface area contributed by atoms with Crippen molar-refractivity contribution in [1.29, 1.82) is 0 Å². The summed E-state index contributed by atoms with van der Waals surface area (Å²) in [7, 11) is 3.66. The molecule has 182 valence electrons. The first-order chi connectivity index (χ1) is 14.0. The fraction of sp³-hybridized carbons (Fsp3) is 0.850. The zero-order valence-electron chi connectivity index (χ0n) is 19.7. The number of unbranched alkanes of at least 4 members (excludes halogenated alkanes) is 7. The molecule has 1 unspecified atom stereocenters. The number of hydrogen-bond acceptors (Lipinski definition) is 6. The molecule has 4 nitrogen and oxygen atoms in total. The molecule has 31 heavy (non-hydrogen) atoms. The minimum atomic E-state index is 0. The molecule has 1 atom stereocenters. The van der Waals surface area contributed by atoms with Crippen molar-refractivity contribution in [1.82, 2.24) is 15.5 Å². The Morgan fingerprint density at radius 3 is 1.45 bits per heavy atom. The number of nitrogens with one attached hydrogen (secondary N) is 2. The number of thiocarbonyl (C=S) groups is 3. The van der Waals surface area contributed by atoms with Gasteiger partial charge in [0.25, 0.3) is 0 Å². The van der Waals surface area contributed by atoms with Gasteiger partial charge in [-0.05, 0) is 32.6 Å². The molecule has 0 aromatic heterocycles. The summed E-state index contributed by atoms with van der Waals surface area (Å²) in [5.74, 6) is 0. The van der Waals surface area contributed by atoms with E-state index >= 15 is 0 Å². The molecule has 0 bridgehead atoms. The molecular weight excluding hydrogens is 696 g/mol. The number of rotatable bonds is 13. The first-order valence-electron chi connectivity index (χ1n) is 10.7. The Kier molecular flexibility index (Phi) is 39.7. The quantitative estimate of drug-likeness (QED) is 0.115. The SMILES string of the molecule is CCCCCCCC(C)[NH3+].CN(C)C(=S)[S-].S=C([S-])NCCCCCCNC(=S)[S-].[Pb+2]. The summed E-state index contributed by atoms with van der Waals surface area (Å²) in [6.45, 7) is 6.22. The van der Waals surface area contributed by atoms with Crippen LogP contribution in [-0.2, 0) is 37.9 Å². The molecule has 0 spiro atoms. The summed E-state index contributed by atoms with van der Waals surface area (Å²) in [4.78, 5) is 1.71. The van der Waals surface area contributed by atoms with Crippen LogP contribution in [0.3, 0.4) is 0 Å². The zero-order valence-corrected chi connectivity index (χ0v) is 28.5. The molecule has 0 aliphatic heterocycles. The molecule has 0 heterocycles. The molecule has 11 heteroatoms. The van der Waals surface area contributed by atoms with Gasteiger partial charge >= 0.3 is 27.3 Å². The summed E-state index contributed by atoms with van der Waals surface area (Å²) in [6, 6.07) is 0.654. The molecule has 0 aliphatic rings. The van der Waals surface area contributed by atoms with Crippen LogP contribution in [0.2, 0.25) is 0 Å². The third kappa shape index (κ3) is 49.4. The summed E-state index contributed by atoms with van der Waals surface area (Å²) in [6.07, 6.45) is 12.8. The van der Waals surface area contributed by atoms with Gasteiger partial charge in [0, 0.05) is 27.2 Å². The van der Waals surface area contributed by atoms with E-state index in [1.165, 1.54) is 51.4 Å². The first kappa shape index (κ1) is 39.4. The molecule has 0 rings (SSSR count). The van der Waals surface area contributed by atoms with Gasteiger partial charge in [0.15, 0.2) is 0 Å². The molecule has 0 aromatic carbocycles. The maximum atomic E-state index is 4.71. The smallest absolute Gasteiger partial charge is 0.412 e. The number of quaternary nitrogens is 1. The molecule has 0 aromatic rings. The molecule has 5 N–H and O–H groups in total. The van der Waals surface area contributed by atoms with Gasteiger partial charge < -0.3 is 95.8 Å². The fourth-order valence-electron chi connectivity index (χ4n) is 2.08. The van der Waals surface area contributed by atoms with Crippen LogP contribution in [0.5, 0.6) is 0 Å². The minimum Gasteiger partial charge on any atom is -0.412 e.